The molecule has 0 aliphatic carbocycles. The highest BCUT2D eigenvalue weighted by Crippen LogP contribution is 2.38. The lowest BCUT2D eigenvalue weighted by atomic mass is 10.0. The van der Waals surface area contributed by atoms with E-state index >= 15 is 0 Å². The summed E-state index contributed by atoms with van der Waals surface area (Å²) in [6.45, 7) is 0.379. The maximum Gasteiger partial charge on any atom is 0.199 e. The summed E-state index contributed by atoms with van der Waals surface area (Å²) in [5.41, 5.74) is 1.04. The topological polar surface area (TPSA) is 62.3 Å². The maximum atomic E-state index is 14.5. The molecule has 1 fully saturated rings. The van der Waals surface area contributed by atoms with Crippen molar-refractivity contribution in [3.63, 3.8) is 0 Å². The molecule has 12 heteroatoms. The van der Waals surface area contributed by atoms with Crippen molar-refractivity contribution in [2.75, 3.05) is 29.6 Å². The molecule has 0 unspecified atom stereocenters. The van der Waals surface area contributed by atoms with Crippen LogP contribution in [0.4, 0.5) is 33.3 Å². The second-order valence-corrected chi connectivity index (χ2v) is 11.0. The van der Waals surface area contributed by atoms with Crippen LogP contribution in [-0.2, 0) is 9.84 Å². The molecule has 0 bridgehead atoms. The quantitative estimate of drug-likeness (QED) is 0.143. The van der Waals surface area contributed by atoms with Crippen LogP contribution < -0.4 is 10.2 Å². The summed E-state index contributed by atoms with van der Waals surface area (Å²) >= 11 is 6.48. The molecule has 1 aliphatic rings. The second kappa shape index (κ2) is 9.14. The zero-order chi connectivity index (χ0) is 26.6. The van der Waals surface area contributed by atoms with Crippen LogP contribution in [0.2, 0.25) is 5.02 Å². The van der Waals surface area contributed by atoms with Gasteiger partial charge in [0.15, 0.2) is 33.1 Å². The van der Waals surface area contributed by atoms with Crippen LogP contribution in [0.15, 0.2) is 53.6 Å². The summed E-state index contributed by atoms with van der Waals surface area (Å²) < 4.78 is 94.6. The van der Waals surface area contributed by atoms with Crippen LogP contribution in [0, 0.1) is 29.1 Å². The van der Waals surface area contributed by atoms with Gasteiger partial charge in [0.05, 0.1) is 17.2 Å². The van der Waals surface area contributed by atoms with Gasteiger partial charge in [-0.3, -0.25) is 4.98 Å². The lowest BCUT2D eigenvalue weighted by Gasteiger charge is -2.42. The average molecular weight is 554 g/mol. The molecule has 0 saturated carbocycles. The van der Waals surface area contributed by atoms with Gasteiger partial charge in [0.25, 0.3) is 0 Å². The predicted molar refractivity (Wildman–Crippen MR) is 131 cm³/mol. The summed E-state index contributed by atoms with van der Waals surface area (Å²) in [4.78, 5) is 4.90. The fraction of sp³-hybridized carbons (Fsp3) is 0.160. The third-order valence-corrected chi connectivity index (χ3v) is 7.57. The Morgan fingerprint density at radius 2 is 1.62 bits per heavy atom. The van der Waals surface area contributed by atoms with Gasteiger partial charge in [-0.05, 0) is 24.3 Å². The van der Waals surface area contributed by atoms with Crippen LogP contribution in [0.5, 0.6) is 0 Å². The molecule has 0 amide bonds. The van der Waals surface area contributed by atoms with E-state index in [-0.39, 0.29) is 13.1 Å². The van der Waals surface area contributed by atoms with E-state index in [1.807, 2.05) is 4.90 Å². The lowest BCUT2D eigenvalue weighted by Crippen LogP contribution is -2.55. The van der Waals surface area contributed by atoms with E-state index in [4.69, 9.17) is 11.6 Å². The number of nitrogens with zero attached hydrogens (tertiary/aromatic N) is 2. The van der Waals surface area contributed by atoms with Crippen molar-refractivity contribution >= 4 is 43.7 Å². The Morgan fingerprint density at radius 3 is 2.30 bits per heavy atom. The number of halogens is 6. The van der Waals surface area contributed by atoms with E-state index < -0.39 is 55.5 Å². The minimum absolute atomic E-state index is 0.190. The molecule has 0 spiro atoms. The van der Waals surface area contributed by atoms with Gasteiger partial charge in [0.1, 0.15) is 10.7 Å². The van der Waals surface area contributed by atoms with E-state index in [0.717, 1.165) is 0 Å². The van der Waals surface area contributed by atoms with Crippen LogP contribution in [-0.4, -0.2) is 38.8 Å². The van der Waals surface area contributed by atoms with E-state index in [1.54, 1.807) is 42.6 Å². The number of nitrogens with one attached hydrogen (secondary N) is 1. The summed E-state index contributed by atoms with van der Waals surface area (Å²) in [5.74, 6) is -8.55. The largest absolute Gasteiger partial charge is 0.375 e. The molecule has 1 N–H and O–H groups in total. The Morgan fingerprint density at radius 1 is 0.946 bits per heavy atom. The van der Waals surface area contributed by atoms with Crippen molar-refractivity contribution in [2.24, 2.45) is 0 Å². The van der Waals surface area contributed by atoms with Crippen LogP contribution in [0.3, 0.4) is 0 Å². The van der Waals surface area contributed by atoms with Gasteiger partial charge >= 0.3 is 0 Å². The Bertz CT molecular complexity index is 1680. The highest BCUT2D eigenvalue weighted by atomic mass is 35.5. The van der Waals surface area contributed by atoms with Crippen LogP contribution >= 0.6 is 11.6 Å². The Hall–Kier alpha value is -3.44. The molecule has 37 heavy (non-hydrogen) atoms. The number of aromatic nitrogens is 1. The normalized spacial score (nSPS) is 14.2. The molecular formula is C25H17ClF5N3O2S. The summed E-state index contributed by atoms with van der Waals surface area (Å²) in [6.07, 6.45) is 2.12. The van der Waals surface area contributed by atoms with Crippen LogP contribution in [0.25, 0.3) is 22.0 Å². The number of benzene rings is 3. The number of anilines is 2. The molecule has 0 atom stereocenters. The third-order valence-electron chi connectivity index (χ3n) is 6.14. The maximum absolute atomic E-state index is 14.5. The van der Waals surface area contributed by atoms with E-state index in [1.165, 1.54) is 6.07 Å². The van der Waals surface area contributed by atoms with Gasteiger partial charge < -0.3 is 10.2 Å². The van der Waals surface area contributed by atoms with Gasteiger partial charge in [-0.25, -0.2) is 30.4 Å². The Labute approximate surface area is 213 Å². The van der Waals surface area contributed by atoms with E-state index in [2.05, 4.69) is 10.3 Å². The molecule has 3 aromatic carbocycles. The first-order valence-electron chi connectivity index (χ1n) is 10.9. The number of sulfone groups is 1. The Kier molecular flexibility index (Phi) is 6.23. The van der Waals surface area contributed by atoms with Gasteiger partial charge in [0.2, 0.25) is 0 Å². The summed E-state index contributed by atoms with van der Waals surface area (Å²) in [7, 11) is -4.43. The molecule has 1 aromatic heterocycles. The van der Waals surface area contributed by atoms with Crippen molar-refractivity contribution < 1.29 is 30.4 Å². The average Bonchev–Trinajstić information content (AvgIpc) is 2.82. The fourth-order valence-electron chi connectivity index (χ4n) is 4.37. The number of pyridine rings is 1. The van der Waals surface area contributed by atoms with Gasteiger partial charge in [-0.1, -0.05) is 29.8 Å². The zero-order valence-electron chi connectivity index (χ0n) is 19.0. The number of fused-ring (bicyclic) bond motifs is 1. The molecule has 5 rings (SSSR count). The standard InChI is InChI=1S/C25H17ClF5N3O2S/c1-37(35,36)25-23(31)21(29)20(28)22(30)24(25)33-12-10-34(11-12)19-6-7-32-18-9-14(16(26)8-15(18)19)13-4-2-3-5-17(13)27/h2-9,12,33H,10-11H2,1H3. The molecule has 192 valence electrons. The summed E-state index contributed by atoms with van der Waals surface area (Å²) in [5, 5.41) is 3.44. The highest BCUT2D eigenvalue weighted by molar-refractivity contribution is 7.90. The smallest absolute Gasteiger partial charge is 0.199 e. The fourth-order valence-corrected chi connectivity index (χ4v) is 5.57. The monoisotopic (exact) mass is 553 g/mol. The van der Waals surface area contributed by atoms with Crippen molar-refractivity contribution in [3.8, 4) is 11.1 Å². The van der Waals surface area contributed by atoms with Gasteiger partial charge in [-0.15, -0.1) is 0 Å². The van der Waals surface area contributed by atoms with E-state index in [9.17, 15) is 30.4 Å². The Balaban J connectivity index is 1.44. The SMILES string of the molecule is CS(=O)(=O)c1c(F)c(F)c(F)c(F)c1NC1CN(c2ccnc3cc(-c4ccccc4F)c(Cl)cc23)C1. The zero-order valence-corrected chi connectivity index (χ0v) is 20.6. The second-order valence-electron chi connectivity index (χ2n) is 8.64. The minimum Gasteiger partial charge on any atom is -0.375 e. The molecule has 2 heterocycles. The molecule has 5 nitrogen and oxygen atoms in total. The van der Waals surface area contributed by atoms with Crippen LogP contribution in [0.1, 0.15) is 0 Å². The first-order valence-corrected chi connectivity index (χ1v) is 13.1. The van der Waals surface area contributed by atoms with Crippen molar-refractivity contribution in [1.82, 2.24) is 4.98 Å². The van der Waals surface area contributed by atoms with Crippen molar-refractivity contribution in [2.45, 2.75) is 10.9 Å². The predicted octanol–water partition coefficient (Wildman–Crippen LogP) is 5.95. The minimum atomic E-state index is -4.43. The number of hydrogen-bond acceptors (Lipinski definition) is 5. The summed E-state index contributed by atoms with van der Waals surface area (Å²) in [6, 6.07) is 10.6. The third kappa shape index (κ3) is 4.36. The number of hydrogen-bond donors (Lipinski definition) is 1. The number of rotatable bonds is 5. The van der Waals surface area contributed by atoms with Gasteiger partial charge in [0, 0.05) is 52.8 Å². The molecule has 1 aliphatic heterocycles. The van der Waals surface area contributed by atoms with E-state index in [0.29, 0.717) is 39.0 Å². The first kappa shape index (κ1) is 25.2. The molecule has 4 aromatic rings. The molecule has 1 saturated heterocycles. The van der Waals surface area contributed by atoms with Gasteiger partial charge in [-0.2, -0.15) is 0 Å². The molecule has 0 radical (unpaired) electrons. The first-order chi connectivity index (χ1) is 17.5. The lowest BCUT2D eigenvalue weighted by molar-refractivity contribution is 0.397. The van der Waals surface area contributed by atoms with Crippen molar-refractivity contribution in [3.05, 3.63) is 82.8 Å². The van der Waals surface area contributed by atoms with Crippen molar-refractivity contribution in [1.29, 1.82) is 0 Å². The molecular weight excluding hydrogens is 537 g/mol. The highest BCUT2D eigenvalue weighted by Gasteiger charge is 2.35.